The van der Waals surface area contributed by atoms with Crippen LogP contribution in [-0.4, -0.2) is 40.6 Å². The number of rotatable bonds is 6. The summed E-state index contributed by atoms with van der Waals surface area (Å²) in [6, 6.07) is 9.51. The molecule has 12 heteroatoms. The molecule has 0 spiro atoms. The van der Waals surface area contributed by atoms with Gasteiger partial charge in [-0.3, -0.25) is 0 Å². The van der Waals surface area contributed by atoms with Gasteiger partial charge < -0.3 is 18.8 Å². The SMILES string of the molecule is CNS(=O)(=O)[N-]c1cccc(Cc2c(C)c3cc(Cl)c(OC(=O)N(C)C)cc3oc2=O)c1.[Na+]. The second-order valence-corrected chi connectivity index (χ2v) is 9.10. The van der Waals surface area contributed by atoms with Gasteiger partial charge in [0.2, 0.25) is 0 Å². The summed E-state index contributed by atoms with van der Waals surface area (Å²) in [6.07, 6.45) is -0.422. The average Bonchev–Trinajstić information content (AvgIpc) is 2.72. The molecule has 3 rings (SSSR count). The minimum absolute atomic E-state index is 0. The van der Waals surface area contributed by atoms with Crippen LogP contribution in [-0.2, 0) is 16.6 Å². The third-order valence-electron chi connectivity index (χ3n) is 4.68. The zero-order valence-electron chi connectivity index (χ0n) is 18.8. The van der Waals surface area contributed by atoms with Crippen LogP contribution in [0.3, 0.4) is 0 Å². The van der Waals surface area contributed by atoms with Gasteiger partial charge in [0.05, 0.1) is 5.02 Å². The van der Waals surface area contributed by atoms with Gasteiger partial charge in [-0.05, 0) is 31.2 Å². The maximum atomic E-state index is 12.7. The Morgan fingerprint density at radius 2 is 1.94 bits per heavy atom. The third kappa shape index (κ3) is 6.50. The van der Waals surface area contributed by atoms with Crippen molar-refractivity contribution in [1.82, 2.24) is 9.62 Å². The smallest absolute Gasteiger partial charge is 0.564 e. The maximum Gasteiger partial charge on any atom is 1.00 e. The van der Waals surface area contributed by atoms with Crippen LogP contribution in [0.4, 0.5) is 10.5 Å². The molecule has 33 heavy (non-hydrogen) atoms. The van der Waals surface area contributed by atoms with Crippen LogP contribution in [0, 0.1) is 6.92 Å². The minimum Gasteiger partial charge on any atom is -0.564 e. The molecule has 1 heterocycles. The Hall–Kier alpha value is -2.08. The Morgan fingerprint density at radius 1 is 1.24 bits per heavy atom. The van der Waals surface area contributed by atoms with Crippen molar-refractivity contribution in [3.8, 4) is 5.75 Å². The van der Waals surface area contributed by atoms with E-state index < -0.39 is 21.9 Å². The summed E-state index contributed by atoms with van der Waals surface area (Å²) < 4.78 is 39.8. The van der Waals surface area contributed by atoms with Crippen molar-refractivity contribution in [2.75, 3.05) is 21.1 Å². The molecule has 0 radical (unpaired) electrons. The first-order chi connectivity index (χ1) is 15.0. The Balaban J connectivity index is 0.00000385. The molecule has 0 aliphatic rings. The fourth-order valence-electron chi connectivity index (χ4n) is 2.97. The summed E-state index contributed by atoms with van der Waals surface area (Å²) in [5, 5.41) is 0.779. The van der Waals surface area contributed by atoms with Gasteiger partial charge in [-0.25, -0.2) is 22.7 Å². The molecule has 1 amide bonds. The minimum atomic E-state index is -3.79. The summed E-state index contributed by atoms with van der Waals surface area (Å²) >= 11 is 6.28. The van der Waals surface area contributed by atoms with Crippen LogP contribution < -0.4 is 44.6 Å². The number of hydrogen-bond donors (Lipinski definition) is 1. The van der Waals surface area contributed by atoms with Crippen molar-refractivity contribution in [1.29, 1.82) is 0 Å². The van der Waals surface area contributed by atoms with Gasteiger partial charge in [-0.2, -0.15) is 0 Å². The van der Waals surface area contributed by atoms with E-state index in [1.54, 1.807) is 37.3 Å². The van der Waals surface area contributed by atoms with E-state index in [1.165, 1.54) is 32.1 Å². The predicted octanol–water partition coefficient (Wildman–Crippen LogP) is 0.879. The second kappa shape index (κ2) is 10.9. The average molecular weight is 502 g/mol. The molecule has 0 unspecified atom stereocenters. The normalized spacial score (nSPS) is 11.1. The fraction of sp³-hybridized carbons (Fsp3) is 0.238. The number of carbonyl (C=O) groups excluding carboxylic acids is 1. The quantitative estimate of drug-likeness (QED) is 0.395. The van der Waals surface area contributed by atoms with E-state index in [0.29, 0.717) is 22.1 Å². The van der Waals surface area contributed by atoms with E-state index in [4.69, 9.17) is 20.8 Å². The Morgan fingerprint density at radius 3 is 2.58 bits per heavy atom. The zero-order valence-corrected chi connectivity index (χ0v) is 22.4. The predicted molar refractivity (Wildman–Crippen MR) is 122 cm³/mol. The van der Waals surface area contributed by atoms with E-state index in [-0.39, 0.29) is 58.0 Å². The Labute approximate surface area is 218 Å². The first-order valence-corrected chi connectivity index (χ1v) is 11.2. The summed E-state index contributed by atoms with van der Waals surface area (Å²) in [7, 11) is 0.543. The maximum absolute atomic E-state index is 12.7. The Bertz CT molecular complexity index is 1360. The molecular weight excluding hydrogens is 481 g/mol. The first-order valence-electron chi connectivity index (χ1n) is 9.41. The number of aryl methyl sites for hydroxylation is 1. The second-order valence-electron chi connectivity index (χ2n) is 7.15. The zero-order chi connectivity index (χ0) is 23.6. The number of fused-ring (bicyclic) bond motifs is 1. The summed E-state index contributed by atoms with van der Waals surface area (Å²) in [6.45, 7) is 1.76. The van der Waals surface area contributed by atoms with E-state index in [1.807, 2.05) is 0 Å². The summed E-state index contributed by atoms with van der Waals surface area (Å²) in [4.78, 5) is 25.8. The van der Waals surface area contributed by atoms with Crippen molar-refractivity contribution in [2.45, 2.75) is 13.3 Å². The van der Waals surface area contributed by atoms with Crippen LogP contribution in [0.1, 0.15) is 16.7 Å². The fourth-order valence-corrected chi connectivity index (χ4v) is 3.65. The number of benzene rings is 2. The molecule has 0 saturated heterocycles. The van der Waals surface area contributed by atoms with Crippen LogP contribution in [0.25, 0.3) is 15.7 Å². The molecule has 0 bridgehead atoms. The van der Waals surface area contributed by atoms with Gasteiger partial charge in [-0.15, -0.1) is 5.69 Å². The summed E-state index contributed by atoms with van der Waals surface area (Å²) in [5.74, 6) is 0.0771. The number of nitrogens with zero attached hydrogens (tertiary/aromatic N) is 2. The largest absolute Gasteiger partial charge is 1.00 e. The van der Waals surface area contributed by atoms with Crippen LogP contribution in [0.5, 0.6) is 5.75 Å². The molecule has 3 aromatic rings. The molecule has 2 aromatic carbocycles. The molecular formula is C21H21ClN3NaO6S. The van der Waals surface area contributed by atoms with E-state index in [9.17, 15) is 18.0 Å². The third-order valence-corrected chi connectivity index (χ3v) is 5.94. The number of carbonyl (C=O) groups is 1. The van der Waals surface area contributed by atoms with Gasteiger partial charge in [-0.1, -0.05) is 35.9 Å². The van der Waals surface area contributed by atoms with Crippen LogP contribution in [0.15, 0.2) is 45.6 Å². The van der Waals surface area contributed by atoms with Gasteiger partial charge >= 0.3 is 41.3 Å². The van der Waals surface area contributed by atoms with Crippen LogP contribution in [0.2, 0.25) is 5.02 Å². The summed E-state index contributed by atoms with van der Waals surface area (Å²) in [5.41, 5.74) is 1.61. The van der Waals surface area contributed by atoms with Gasteiger partial charge in [0.15, 0.2) is 16.0 Å². The van der Waals surface area contributed by atoms with Crippen molar-refractivity contribution in [3.05, 3.63) is 73.3 Å². The molecule has 0 aliphatic carbocycles. The van der Waals surface area contributed by atoms with Crippen molar-refractivity contribution in [3.63, 3.8) is 0 Å². The Kier molecular flexibility index (Phi) is 8.97. The van der Waals surface area contributed by atoms with Crippen molar-refractivity contribution < 1.29 is 51.9 Å². The molecule has 170 valence electrons. The number of hydrogen-bond acceptors (Lipinski definition) is 6. The van der Waals surface area contributed by atoms with Crippen LogP contribution >= 0.6 is 11.6 Å². The van der Waals surface area contributed by atoms with Gasteiger partial charge in [0, 0.05) is 37.5 Å². The molecule has 0 aliphatic heterocycles. The number of amides is 1. The molecule has 0 fully saturated rings. The van der Waals surface area contributed by atoms with E-state index >= 15 is 0 Å². The topological polar surface area (TPSA) is 120 Å². The van der Waals surface area contributed by atoms with Crippen molar-refractivity contribution >= 4 is 44.6 Å². The monoisotopic (exact) mass is 501 g/mol. The molecule has 1 aromatic heterocycles. The molecule has 0 atom stereocenters. The number of ether oxygens (including phenoxy) is 1. The molecule has 1 N–H and O–H groups in total. The molecule has 9 nitrogen and oxygen atoms in total. The van der Waals surface area contributed by atoms with Gasteiger partial charge in [0.25, 0.3) is 0 Å². The van der Waals surface area contributed by atoms with E-state index in [2.05, 4.69) is 9.44 Å². The van der Waals surface area contributed by atoms with Gasteiger partial charge in [0.1, 0.15) is 5.58 Å². The van der Waals surface area contributed by atoms with E-state index in [0.717, 1.165) is 0 Å². The molecule has 0 saturated carbocycles. The number of nitrogens with one attached hydrogen (secondary N) is 1. The standard InChI is InChI=1S/C21H21ClN3O6S.Na/c1-12-15-10-17(22)19(31-21(27)25(3)4)11-18(15)30-20(26)16(12)9-13-6-5-7-14(8-13)24-32(28,29)23-2;/h5-8,10-11,23H,9H2,1-4H3;/q-1;+1. The number of halogens is 1. The van der Waals surface area contributed by atoms with Crippen molar-refractivity contribution in [2.24, 2.45) is 0 Å². The first kappa shape index (κ1) is 27.2.